The second kappa shape index (κ2) is 7.41. The van der Waals surface area contributed by atoms with Crippen molar-refractivity contribution in [3.8, 4) is 11.5 Å². The van der Waals surface area contributed by atoms with E-state index in [4.69, 9.17) is 9.47 Å². The summed E-state index contributed by atoms with van der Waals surface area (Å²) < 4.78 is 10.3. The molecule has 114 valence electrons. The van der Waals surface area contributed by atoms with Crippen LogP contribution >= 0.6 is 0 Å². The van der Waals surface area contributed by atoms with Crippen LogP contribution < -0.4 is 9.47 Å². The molecule has 0 N–H and O–H groups in total. The number of rotatable bonds is 5. The van der Waals surface area contributed by atoms with E-state index < -0.39 is 0 Å². The number of hydrogen-bond acceptors (Lipinski definition) is 4. The first kappa shape index (κ1) is 15.8. The summed E-state index contributed by atoms with van der Waals surface area (Å²) in [5, 5.41) is 0. The van der Waals surface area contributed by atoms with Gasteiger partial charge in [0.2, 0.25) is 0 Å². The molecule has 0 aromatic heterocycles. The first-order valence-electron chi connectivity index (χ1n) is 7.01. The van der Waals surface area contributed by atoms with E-state index >= 15 is 0 Å². The van der Waals surface area contributed by atoms with Crippen LogP contribution in [0.25, 0.3) is 0 Å². The maximum absolute atomic E-state index is 5.14. The first-order chi connectivity index (χ1) is 10.6. The lowest BCUT2D eigenvalue weighted by molar-refractivity contribution is 0.414. The number of methoxy groups -OCH3 is 2. The van der Waals surface area contributed by atoms with Gasteiger partial charge in [-0.05, 0) is 62.4 Å². The van der Waals surface area contributed by atoms with E-state index in [1.807, 2.05) is 62.4 Å². The van der Waals surface area contributed by atoms with E-state index in [1.54, 1.807) is 14.2 Å². The molecule has 0 heterocycles. The Morgan fingerprint density at radius 3 is 1.23 bits per heavy atom. The summed E-state index contributed by atoms with van der Waals surface area (Å²) in [7, 11) is 3.30. The Bertz CT molecular complexity index is 610. The molecule has 0 aliphatic rings. The average Bonchev–Trinajstić information content (AvgIpc) is 2.56. The van der Waals surface area contributed by atoms with E-state index in [9.17, 15) is 0 Å². The predicted molar refractivity (Wildman–Crippen MR) is 91.5 cm³/mol. The highest BCUT2D eigenvalue weighted by atomic mass is 16.5. The Morgan fingerprint density at radius 1 is 0.636 bits per heavy atom. The zero-order valence-electron chi connectivity index (χ0n) is 13.3. The van der Waals surface area contributed by atoms with Crippen molar-refractivity contribution < 1.29 is 9.47 Å². The Hall–Kier alpha value is -2.62. The van der Waals surface area contributed by atoms with Crippen molar-refractivity contribution in [1.29, 1.82) is 0 Å². The summed E-state index contributed by atoms with van der Waals surface area (Å²) in [4.78, 5) is 9.14. The van der Waals surface area contributed by atoms with Crippen molar-refractivity contribution in [2.24, 2.45) is 9.98 Å². The molecular weight excluding hydrogens is 276 g/mol. The Morgan fingerprint density at radius 2 is 0.955 bits per heavy atom. The molecule has 0 radical (unpaired) electrons. The number of nitrogens with zero attached hydrogens (tertiary/aromatic N) is 2. The topological polar surface area (TPSA) is 43.2 Å². The van der Waals surface area contributed by atoms with Crippen molar-refractivity contribution in [1.82, 2.24) is 0 Å². The summed E-state index contributed by atoms with van der Waals surface area (Å²) >= 11 is 0. The van der Waals surface area contributed by atoms with Crippen LogP contribution in [0.2, 0.25) is 0 Å². The molecule has 0 amide bonds. The average molecular weight is 296 g/mol. The van der Waals surface area contributed by atoms with Crippen LogP contribution in [0.4, 0.5) is 11.4 Å². The second-order valence-corrected chi connectivity index (χ2v) is 4.79. The van der Waals surface area contributed by atoms with Gasteiger partial charge >= 0.3 is 0 Å². The molecule has 4 heteroatoms. The smallest absolute Gasteiger partial charge is 0.119 e. The zero-order chi connectivity index (χ0) is 15.9. The molecule has 0 bridgehead atoms. The lowest BCUT2D eigenvalue weighted by atomic mass is 10.2. The quantitative estimate of drug-likeness (QED) is 0.757. The first-order valence-corrected chi connectivity index (χ1v) is 7.01. The van der Waals surface area contributed by atoms with Crippen LogP contribution in [0.15, 0.2) is 58.5 Å². The van der Waals surface area contributed by atoms with Gasteiger partial charge in [-0.2, -0.15) is 0 Å². The maximum atomic E-state index is 5.14. The van der Waals surface area contributed by atoms with Crippen LogP contribution in [0, 0.1) is 0 Å². The summed E-state index contributed by atoms with van der Waals surface area (Å²) in [5.41, 5.74) is 3.51. The monoisotopic (exact) mass is 296 g/mol. The molecule has 22 heavy (non-hydrogen) atoms. The number of hydrogen-bond donors (Lipinski definition) is 0. The second-order valence-electron chi connectivity index (χ2n) is 4.79. The summed E-state index contributed by atoms with van der Waals surface area (Å²) in [6.07, 6.45) is 0. The third-order valence-corrected chi connectivity index (χ3v) is 3.26. The fourth-order valence-electron chi connectivity index (χ4n) is 1.86. The molecular formula is C18H20N2O2. The van der Waals surface area contributed by atoms with E-state index in [-0.39, 0.29) is 0 Å². The normalized spacial score (nSPS) is 12.2. The Labute approximate surface area is 131 Å². The maximum Gasteiger partial charge on any atom is 0.119 e. The highest BCUT2D eigenvalue weighted by Gasteiger charge is 2.00. The summed E-state index contributed by atoms with van der Waals surface area (Å²) in [6.45, 7) is 3.90. The van der Waals surface area contributed by atoms with E-state index in [1.165, 1.54) is 0 Å². The van der Waals surface area contributed by atoms with Gasteiger partial charge in [0.1, 0.15) is 11.5 Å². The zero-order valence-corrected chi connectivity index (χ0v) is 13.3. The van der Waals surface area contributed by atoms with Crippen molar-refractivity contribution in [3.63, 3.8) is 0 Å². The van der Waals surface area contributed by atoms with Crippen molar-refractivity contribution in [2.45, 2.75) is 13.8 Å². The molecule has 2 aromatic rings. The highest BCUT2D eigenvalue weighted by molar-refractivity contribution is 6.41. The largest absolute Gasteiger partial charge is 0.497 e. The van der Waals surface area contributed by atoms with E-state index in [0.717, 1.165) is 34.3 Å². The minimum absolute atomic E-state index is 0.820. The van der Waals surface area contributed by atoms with Crippen LogP contribution in [-0.4, -0.2) is 25.6 Å². The lowest BCUT2D eigenvalue weighted by Crippen LogP contribution is -2.04. The van der Waals surface area contributed by atoms with E-state index in [2.05, 4.69) is 9.98 Å². The van der Waals surface area contributed by atoms with Gasteiger partial charge in [0.25, 0.3) is 0 Å². The van der Waals surface area contributed by atoms with Crippen molar-refractivity contribution >= 4 is 22.8 Å². The van der Waals surface area contributed by atoms with Gasteiger partial charge in [-0.25, -0.2) is 0 Å². The molecule has 2 aromatic carbocycles. The fraction of sp³-hybridized carbons (Fsp3) is 0.222. The molecule has 0 aliphatic heterocycles. The summed E-state index contributed by atoms with van der Waals surface area (Å²) in [6, 6.07) is 15.2. The van der Waals surface area contributed by atoms with E-state index in [0.29, 0.717) is 0 Å². The molecule has 0 unspecified atom stereocenters. The molecule has 0 spiro atoms. The van der Waals surface area contributed by atoms with Gasteiger partial charge in [-0.1, -0.05) is 0 Å². The molecule has 4 nitrogen and oxygen atoms in total. The SMILES string of the molecule is COc1ccc(/N=C(C)/C(C)=N/c2ccc(OC)cc2)cc1. The van der Waals surface area contributed by atoms with Gasteiger partial charge in [0.15, 0.2) is 0 Å². The minimum Gasteiger partial charge on any atom is -0.497 e. The van der Waals surface area contributed by atoms with Gasteiger partial charge in [0.05, 0.1) is 37.0 Å². The predicted octanol–water partition coefficient (Wildman–Crippen LogP) is 4.59. The highest BCUT2D eigenvalue weighted by Crippen LogP contribution is 2.20. The number of ether oxygens (including phenoxy) is 2. The Kier molecular flexibility index (Phi) is 5.31. The third kappa shape index (κ3) is 4.19. The number of benzene rings is 2. The van der Waals surface area contributed by atoms with Crippen molar-refractivity contribution in [3.05, 3.63) is 48.5 Å². The molecule has 0 fully saturated rings. The van der Waals surface area contributed by atoms with Crippen LogP contribution in [-0.2, 0) is 0 Å². The molecule has 0 saturated carbocycles. The van der Waals surface area contributed by atoms with Gasteiger partial charge in [0, 0.05) is 0 Å². The Balaban J connectivity index is 2.16. The minimum atomic E-state index is 0.820. The fourth-order valence-corrected chi connectivity index (χ4v) is 1.86. The number of aliphatic imine (C=N–C) groups is 2. The molecule has 2 rings (SSSR count). The third-order valence-electron chi connectivity index (χ3n) is 3.26. The van der Waals surface area contributed by atoms with Crippen LogP contribution in [0.1, 0.15) is 13.8 Å². The lowest BCUT2D eigenvalue weighted by Gasteiger charge is -2.03. The van der Waals surface area contributed by atoms with Crippen molar-refractivity contribution in [2.75, 3.05) is 14.2 Å². The van der Waals surface area contributed by atoms with Gasteiger partial charge in [-0.15, -0.1) is 0 Å². The standard InChI is InChI=1S/C18H20N2O2/c1-13(19-15-5-9-17(21-3)10-6-15)14(2)20-16-7-11-18(22-4)12-8-16/h5-12H,1-4H3/b19-13+,20-14+. The van der Waals surface area contributed by atoms with Gasteiger partial charge < -0.3 is 9.47 Å². The van der Waals surface area contributed by atoms with Crippen LogP contribution in [0.5, 0.6) is 11.5 Å². The molecule has 0 atom stereocenters. The van der Waals surface area contributed by atoms with Crippen LogP contribution in [0.3, 0.4) is 0 Å². The molecule has 0 saturated heterocycles. The van der Waals surface area contributed by atoms with Gasteiger partial charge in [-0.3, -0.25) is 9.98 Å². The molecule has 0 aliphatic carbocycles. The summed E-state index contributed by atoms with van der Waals surface area (Å²) in [5.74, 6) is 1.64.